The zero-order chi connectivity index (χ0) is 21.5. The highest BCUT2D eigenvalue weighted by Gasteiger charge is 2.55. The highest BCUT2D eigenvalue weighted by molar-refractivity contribution is 6.11. The summed E-state index contributed by atoms with van der Waals surface area (Å²) in [7, 11) is 0. The van der Waals surface area contributed by atoms with E-state index in [1.165, 1.54) is 0 Å². The molecule has 2 heterocycles. The number of benzene rings is 1. The Bertz CT molecular complexity index is 1010. The molecule has 0 bridgehead atoms. The number of aryl methyl sites for hydroxylation is 1. The third-order valence-corrected chi connectivity index (χ3v) is 5.94. The Balaban J connectivity index is 1.47. The van der Waals surface area contributed by atoms with E-state index in [-0.39, 0.29) is 12.8 Å². The summed E-state index contributed by atoms with van der Waals surface area (Å²) >= 11 is 0. The first-order valence-electron chi connectivity index (χ1n) is 9.77. The molecule has 4 rings (SSSR count). The lowest BCUT2D eigenvalue weighted by molar-refractivity contribution is -0.135. The lowest BCUT2D eigenvalue weighted by Gasteiger charge is -2.34. The Morgan fingerprint density at radius 2 is 1.77 bits per heavy atom. The van der Waals surface area contributed by atoms with E-state index in [0.29, 0.717) is 5.56 Å². The van der Waals surface area contributed by atoms with E-state index in [9.17, 15) is 23.2 Å². The molecule has 0 unspecified atom stereocenters. The van der Waals surface area contributed by atoms with Crippen molar-refractivity contribution in [2.75, 3.05) is 6.54 Å². The summed E-state index contributed by atoms with van der Waals surface area (Å²) < 4.78 is 27.0. The van der Waals surface area contributed by atoms with Crippen molar-refractivity contribution in [1.29, 1.82) is 0 Å². The zero-order valence-corrected chi connectivity index (χ0v) is 16.5. The monoisotopic (exact) mass is 413 g/mol. The number of nitrogens with zero attached hydrogens (tertiary/aromatic N) is 2. The van der Waals surface area contributed by atoms with E-state index < -0.39 is 48.6 Å². The molecule has 0 atom stereocenters. The molecule has 2 aliphatic rings. The Morgan fingerprint density at radius 3 is 2.40 bits per heavy atom. The summed E-state index contributed by atoms with van der Waals surface area (Å²) in [5, 5.41) is 2.55. The van der Waals surface area contributed by atoms with Crippen LogP contribution in [0.5, 0.6) is 0 Å². The highest BCUT2D eigenvalue weighted by atomic mass is 19.3. The number of urea groups is 1. The van der Waals surface area contributed by atoms with Gasteiger partial charge in [0.2, 0.25) is 5.92 Å². The van der Waals surface area contributed by atoms with Crippen LogP contribution in [0.15, 0.2) is 42.7 Å². The molecule has 1 aromatic heterocycles. The van der Waals surface area contributed by atoms with Crippen molar-refractivity contribution < 1.29 is 23.2 Å². The molecule has 3 amide bonds. The summed E-state index contributed by atoms with van der Waals surface area (Å²) in [6.07, 6.45) is 2.26. The van der Waals surface area contributed by atoms with Crippen LogP contribution in [0.3, 0.4) is 0 Å². The van der Waals surface area contributed by atoms with Gasteiger partial charge in [0.05, 0.1) is 6.54 Å². The normalized spacial score (nSPS) is 19.8. The average molecular weight is 413 g/mol. The van der Waals surface area contributed by atoms with Gasteiger partial charge >= 0.3 is 6.03 Å². The van der Waals surface area contributed by atoms with Crippen molar-refractivity contribution in [3.63, 3.8) is 0 Å². The molecule has 1 aliphatic heterocycles. The predicted molar refractivity (Wildman–Crippen MR) is 105 cm³/mol. The Morgan fingerprint density at radius 1 is 1.10 bits per heavy atom. The quantitative estimate of drug-likeness (QED) is 0.612. The van der Waals surface area contributed by atoms with E-state index in [1.54, 1.807) is 36.7 Å². The molecule has 1 saturated heterocycles. The number of alkyl halides is 2. The van der Waals surface area contributed by atoms with Gasteiger partial charge in [0.25, 0.3) is 5.91 Å². The predicted octanol–water partition coefficient (Wildman–Crippen LogP) is 3.74. The fraction of sp³-hybridized carbons (Fsp3) is 0.364. The van der Waals surface area contributed by atoms with Gasteiger partial charge in [-0.3, -0.25) is 19.5 Å². The van der Waals surface area contributed by atoms with Crippen LogP contribution in [0.25, 0.3) is 11.1 Å². The van der Waals surface area contributed by atoms with Crippen molar-refractivity contribution >= 4 is 17.7 Å². The van der Waals surface area contributed by atoms with Gasteiger partial charge in [-0.05, 0) is 37.0 Å². The molecule has 8 heteroatoms. The number of carbonyl (C=O) groups excluding carboxylic acids is 3. The third kappa shape index (κ3) is 3.58. The van der Waals surface area contributed by atoms with Gasteiger partial charge in [-0.15, -0.1) is 0 Å². The number of hydrogen-bond acceptors (Lipinski definition) is 4. The number of carbonyl (C=O) groups is 3. The maximum Gasteiger partial charge on any atom is 0.325 e. The Kier molecular flexibility index (Phi) is 4.88. The maximum absolute atomic E-state index is 13.5. The second-order valence-electron chi connectivity index (χ2n) is 7.95. The van der Waals surface area contributed by atoms with Crippen molar-refractivity contribution in [1.82, 2.24) is 15.2 Å². The van der Waals surface area contributed by atoms with Crippen LogP contribution < -0.4 is 5.32 Å². The molecule has 156 valence electrons. The minimum atomic E-state index is -2.83. The molecule has 2 fully saturated rings. The van der Waals surface area contributed by atoms with Gasteiger partial charge in [-0.1, -0.05) is 24.3 Å². The van der Waals surface area contributed by atoms with Crippen molar-refractivity contribution in [3.8, 4) is 11.1 Å². The number of imide groups is 1. The second kappa shape index (κ2) is 7.27. The highest BCUT2D eigenvalue weighted by Crippen LogP contribution is 2.41. The number of ketones is 1. The van der Waals surface area contributed by atoms with Crippen molar-refractivity contribution in [2.45, 2.75) is 44.1 Å². The first-order chi connectivity index (χ1) is 14.2. The second-order valence-corrected chi connectivity index (χ2v) is 7.95. The number of pyridine rings is 1. The Hall–Kier alpha value is -3.16. The van der Waals surface area contributed by atoms with E-state index in [4.69, 9.17) is 0 Å². The molecule has 30 heavy (non-hydrogen) atoms. The van der Waals surface area contributed by atoms with Gasteiger partial charge < -0.3 is 5.32 Å². The average Bonchev–Trinajstić information content (AvgIpc) is 2.95. The van der Waals surface area contributed by atoms with Crippen LogP contribution in [-0.4, -0.2) is 45.6 Å². The minimum absolute atomic E-state index is 0.131. The van der Waals surface area contributed by atoms with Gasteiger partial charge in [0.1, 0.15) is 5.54 Å². The van der Waals surface area contributed by atoms with E-state index in [0.717, 1.165) is 21.6 Å². The van der Waals surface area contributed by atoms with Gasteiger partial charge in [-0.2, -0.15) is 0 Å². The fourth-order valence-electron chi connectivity index (χ4n) is 4.04. The van der Waals surface area contributed by atoms with Gasteiger partial charge in [0.15, 0.2) is 5.78 Å². The van der Waals surface area contributed by atoms with Crippen LogP contribution in [0.1, 0.15) is 41.6 Å². The summed E-state index contributed by atoms with van der Waals surface area (Å²) in [4.78, 5) is 42.7. The number of Topliss-reactive ketones (excluding diaryl/α,β-unsaturated/α-hetero) is 1. The number of hydrogen-bond donors (Lipinski definition) is 1. The van der Waals surface area contributed by atoms with Crippen molar-refractivity contribution in [2.24, 2.45) is 0 Å². The van der Waals surface area contributed by atoms with Gasteiger partial charge in [-0.25, -0.2) is 13.6 Å². The minimum Gasteiger partial charge on any atom is -0.323 e. The summed E-state index contributed by atoms with van der Waals surface area (Å²) in [5.41, 5.74) is 1.93. The van der Waals surface area contributed by atoms with E-state index in [2.05, 4.69) is 10.3 Å². The first-order valence-corrected chi connectivity index (χ1v) is 9.77. The van der Waals surface area contributed by atoms with Crippen LogP contribution in [0.2, 0.25) is 0 Å². The molecule has 1 saturated carbocycles. The summed E-state index contributed by atoms with van der Waals surface area (Å²) in [5.74, 6) is -3.82. The molecule has 1 aromatic carbocycles. The van der Waals surface area contributed by atoms with Crippen LogP contribution >= 0.6 is 0 Å². The van der Waals surface area contributed by atoms with Crippen LogP contribution in [0, 0.1) is 6.92 Å². The van der Waals surface area contributed by atoms with Crippen LogP contribution in [0.4, 0.5) is 13.6 Å². The summed E-state index contributed by atoms with van der Waals surface area (Å²) in [6, 6.07) is 8.03. The Labute approximate surface area is 172 Å². The number of amides is 3. The van der Waals surface area contributed by atoms with Gasteiger partial charge in [0, 0.05) is 36.4 Å². The fourth-order valence-corrected chi connectivity index (χ4v) is 4.04. The first kappa shape index (κ1) is 20.1. The molecule has 1 N–H and O–H groups in total. The smallest absolute Gasteiger partial charge is 0.323 e. The largest absolute Gasteiger partial charge is 0.325 e. The van der Waals surface area contributed by atoms with Crippen LogP contribution in [-0.2, 0) is 4.79 Å². The molecular formula is C22H21F2N3O3. The number of halogens is 2. The number of nitrogens with one attached hydrogen (secondary N) is 1. The molecule has 1 aliphatic carbocycles. The lowest BCUT2D eigenvalue weighted by atomic mass is 9.80. The molecular weight excluding hydrogens is 392 g/mol. The van der Waals surface area contributed by atoms with E-state index >= 15 is 0 Å². The lowest BCUT2D eigenvalue weighted by Crippen LogP contribution is -2.51. The maximum atomic E-state index is 13.5. The molecule has 6 nitrogen and oxygen atoms in total. The van der Waals surface area contributed by atoms with Crippen molar-refractivity contribution in [3.05, 3.63) is 53.9 Å². The summed E-state index contributed by atoms with van der Waals surface area (Å²) in [6.45, 7) is 1.54. The SMILES string of the molecule is Cc1ccncc1-c1ccc(C(=O)CN2C(=O)NC3(CCC(F)(F)CC3)C2=O)cc1. The topological polar surface area (TPSA) is 79.4 Å². The number of aromatic nitrogens is 1. The molecule has 1 spiro atoms. The zero-order valence-electron chi connectivity index (χ0n) is 16.5. The molecule has 2 aromatic rings. The molecule has 0 radical (unpaired) electrons. The van der Waals surface area contributed by atoms with E-state index in [1.807, 2.05) is 13.0 Å². The number of rotatable bonds is 4. The standard InChI is InChI=1S/C22H21F2N3O3/c1-14-6-11-25-12-17(14)15-2-4-16(5-3-15)18(28)13-27-19(29)21(26-20(27)30)7-9-22(23,24)10-8-21/h2-6,11-12H,7-10,13H2,1H3,(H,26,30). The third-order valence-electron chi connectivity index (χ3n) is 5.94.